The molecule has 0 aliphatic carbocycles. The van der Waals surface area contributed by atoms with Gasteiger partial charge in [0.25, 0.3) is 0 Å². The molecule has 1 aromatic carbocycles. The highest BCUT2D eigenvalue weighted by Gasteiger charge is 2.14. The van der Waals surface area contributed by atoms with Crippen LogP contribution in [0.15, 0.2) is 42.7 Å². The molecule has 1 N–H and O–H groups in total. The maximum Gasteiger partial charge on any atom is 0.110 e. The van der Waals surface area contributed by atoms with Gasteiger partial charge >= 0.3 is 0 Å². The second-order valence-electron chi connectivity index (χ2n) is 4.49. The van der Waals surface area contributed by atoms with Crippen molar-refractivity contribution >= 4 is 0 Å². The smallest absolute Gasteiger partial charge is 0.110 e. The minimum absolute atomic E-state index is 0.331. The summed E-state index contributed by atoms with van der Waals surface area (Å²) in [6, 6.07) is 11.1. The normalized spacial score (nSPS) is 20.9. The molecule has 92 valence electrons. The fourth-order valence-electron chi connectivity index (χ4n) is 2.19. The van der Waals surface area contributed by atoms with E-state index in [1.54, 1.807) is 0 Å². The Morgan fingerprint density at radius 2 is 2.18 bits per heavy atom. The first-order chi connectivity index (χ1) is 8.40. The zero-order valence-electron chi connectivity index (χ0n) is 10.4. The van der Waals surface area contributed by atoms with E-state index in [1.807, 2.05) is 6.26 Å². The van der Waals surface area contributed by atoms with Gasteiger partial charge in [-0.1, -0.05) is 37.3 Å². The molecule has 1 aliphatic heterocycles. The molecule has 0 saturated carbocycles. The first kappa shape index (κ1) is 12.2. The van der Waals surface area contributed by atoms with Crippen molar-refractivity contribution in [1.29, 1.82) is 0 Å². The molecule has 2 heteroatoms. The number of benzene rings is 1. The van der Waals surface area contributed by atoms with E-state index in [4.69, 9.17) is 4.74 Å². The number of hydrogen-bond acceptors (Lipinski definition) is 2. The standard InChI is InChI=1S/C15H21NO/c1-2-15(13-8-4-3-5-9-13)16-12-14-10-6-7-11-17-14/h3-5,7-9,11,14-16H,2,6,10,12H2,1H3. The fourth-order valence-corrected chi connectivity index (χ4v) is 2.19. The zero-order chi connectivity index (χ0) is 11.9. The van der Waals surface area contributed by atoms with Crippen LogP contribution in [0.5, 0.6) is 0 Å². The fraction of sp³-hybridized carbons (Fsp3) is 0.467. The van der Waals surface area contributed by atoms with E-state index in [1.165, 1.54) is 5.56 Å². The van der Waals surface area contributed by atoms with Crippen molar-refractivity contribution in [2.75, 3.05) is 6.54 Å². The van der Waals surface area contributed by atoms with Crippen LogP contribution in [0.25, 0.3) is 0 Å². The topological polar surface area (TPSA) is 21.3 Å². The van der Waals surface area contributed by atoms with Gasteiger partial charge in [0.1, 0.15) is 6.10 Å². The van der Waals surface area contributed by atoms with E-state index in [0.717, 1.165) is 25.8 Å². The molecule has 17 heavy (non-hydrogen) atoms. The average molecular weight is 231 g/mol. The van der Waals surface area contributed by atoms with E-state index in [9.17, 15) is 0 Å². The minimum Gasteiger partial charge on any atom is -0.497 e. The van der Waals surface area contributed by atoms with Crippen LogP contribution >= 0.6 is 0 Å². The molecule has 0 bridgehead atoms. The number of rotatable bonds is 5. The second kappa shape index (κ2) is 6.45. The van der Waals surface area contributed by atoms with Gasteiger partial charge in [-0.2, -0.15) is 0 Å². The van der Waals surface area contributed by atoms with E-state index in [-0.39, 0.29) is 0 Å². The van der Waals surface area contributed by atoms with Crippen molar-refractivity contribution in [3.63, 3.8) is 0 Å². The monoisotopic (exact) mass is 231 g/mol. The summed E-state index contributed by atoms with van der Waals surface area (Å²) in [7, 11) is 0. The Balaban J connectivity index is 1.85. The van der Waals surface area contributed by atoms with Crippen LogP contribution in [-0.2, 0) is 4.74 Å². The predicted octanol–water partition coefficient (Wildman–Crippen LogP) is 3.42. The molecule has 1 aromatic rings. The van der Waals surface area contributed by atoms with Crippen molar-refractivity contribution < 1.29 is 4.74 Å². The number of allylic oxidation sites excluding steroid dienone is 1. The summed E-state index contributed by atoms with van der Waals surface area (Å²) < 4.78 is 5.57. The van der Waals surface area contributed by atoms with Gasteiger partial charge in [-0.15, -0.1) is 0 Å². The SMILES string of the molecule is CCC(NCC1CCC=CO1)c1ccccc1. The van der Waals surface area contributed by atoms with Crippen LogP contribution < -0.4 is 5.32 Å². The van der Waals surface area contributed by atoms with E-state index < -0.39 is 0 Å². The molecule has 0 amide bonds. The first-order valence-corrected chi connectivity index (χ1v) is 6.49. The summed E-state index contributed by atoms with van der Waals surface area (Å²) in [5.74, 6) is 0. The van der Waals surface area contributed by atoms with Gasteiger partial charge in [-0.3, -0.25) is 0 Å². The molecule has 2 rings (SSSR count). The van der Waals surface area contributed by atoms with Crippen molar-refractivity contribution in [3.8, 4) is 0 Å². The molecule has 0 aromatic heterocycles. The molecule has 1 aliphatic rings. The molecule has 2 nitrogen and oxygen atoms in total. The van der Waals surface area contributed by atoms with Crippen molar-refractivity contribution in [2.24, 2.45) is 0 Å². The van der Waals surface area contributed by atoms with Gasteiger partial charge in [-0.25, -0.2) is 0 Å². The van der Waals surface area contributed by atoms with Crippen molar-refractivity contribution in [3.05, 3.63) is 48.2 Å². The molecule has 1 heterocycles. The van der Waals surface area contributed by atoms with Crippen LogP contribution in [-0.4, -0.2) is 12.6 Å². The van der Waals surface area contributed by atoms with Gasteiger partial charge in [0.2, 0.25) is 0 Å². The van der Waals surface area contributed by atoms with E-state index in [0.29, 0.717) is 12.1 Å². The average Bonchev–Trinajstić information content (AvgIpc) is 2.42. The van der Waals surface area contributed by atoms with Crippen LogP contribution in [0, 0.1) is 0 Å². The molecular formula is C15H21NO. The van der Waals surface area contributed by atoms with Gasteiger partial charge in [-0.05, 0) is 30.9 Å². The third-order valence-electron chi connectivity index (χ3n) is 3.22. The highest BCUT2D eigenvalue weighted by molar-refractivity contribution is 5.18. The van der Waals surface area contributed by atoms with Crippen LogP contribution in [0.2, 0.25) is 0 Å². The summed E-state index contributed by atoms with van der Waals surface area (Å²) in [5, 5.41) is 3.60. The number of hydrogen-bond donors (Lipinski definition) is 1. The minimum atomic E-state index is 0.331. The Morgan fingerprint density at radius 1 is 1.35 bits per heavy atom. The summed E-state index contributed by atoms with van der Waals surface area (Å²) in [4.78, 5) is 0. The van der Waals surface area contributed by atoms with E-state index in [2.05, 4.69) is 48.6 Å². The highest BCUT2D eigenvalue weighted by Crippen LogP contribution is 2.17. The largest absolute Gasteiger partial charge is 0.497 e. The summed E-state index contributed by atoms with van der Waals surface area (Å²) in [6.07, 6.45) is 7.61. The van der Waals surface area contributed by atoms with Crippen LogP contribution in [0.4, 0.5) is 0 Å². The van der Waals surface area contributed by atoms with Gasteiger partial charge in [0.05, 0.1) is 6.26 Å². The summed E-state index contributed by atoms with van der Waals surface area (Å²) >= 11 is 0. The number of nitrogens with one attached hydrogen (secondary N) is 1. The molecule has 2 atom stereocenters. The zero-order valence-corrected chi connectivity index (χ0v) is 10.4. The predicted molar refractivity (Wildman–Crippen MR) is 70.7 cm³/mol. The molecule has 2 unspecified atom stereocenters. The summed E-state index contributed by atoms with van der Waals surface area (Å²) in [5.41, 5.74) is 1.36. The Kier molecular flexibility index (Phi) is 4.63. The lowest BCUT2D eigenvalue weighted by molar-refractivity contribution is 0.119. The van der Waals surface area contributed by atoms with Crippen molar-refractivity contribution in [1.82, 2.24) is 5.32 Å². The highest BCUT2D eigenvalue weighted by atomic mass is 16.5. The third-order valence-corrected chi connectivity index (χ3v) is 3.22. The number of ether oxygens (including phenoxy) is 1. The Labute approximate surface area is 104 Å². The molecule has 0 fully saturated rings. The maximum atomic E-state index is 5.57. The first-order valence-electron chi connectivity index (χ1n) is 6.49. The summed E-state index contributed by atoms with van der Waals surface area (Å²) in [6.45, 7) is 3.14. The lowest BCUT2D eigenvalue weighted by Gasteiger charge is -2.23. The third kappa shape index (κ3) is 3.60. The van der Waals surface area contributed by atoms with Gasteiger partial charge < -0.3 is 10.1 Å². The molecule has 0 saturated heterocycles. The van der Waals surface area contributed by atoms with Gasteiger partial charge in [0, 0.05) is 12.6 Å². The van der Waals surface area contributed by atoms with Crippen LogP contribution in [0.1, 0.15) is 37.8 Å². The molecule has 0 spiro atoms. The second-order valence-corrected chi connectivity index (χ2v) is 4.49. The quantitative estimate of drug-likeness (QED) is 0.838. The van der Waals surface area contributed by atoms with Crippen LogP contribution in [0.3, 0.4) is 0 Å². The lowest BCUT2D eigenvalue weighted by atomic mass is 10.0. The van der Waals surface area contributed by atoms with Crippen molar-refractivity contribution in [2.45, 2.75) is 38.3 Å². The maximum absolute atomic E-state index is 5.57. The van der Waals surface area contributed by atoms with Gasteiger partial charge in [0.15, 0.2) is 0 Å². The lowest BCUT2D eigenvalue weighted by Crippen LogP contribution is -2.31. The molecular weight excluding hydrogens is 210 g/mol. The molecule has 0 radical (unpaired) electrons. The Morgan fingerprint density at radius 3 is 2.82 bits per heavy atom. The van der Waals surface area contributed by atoms with E-state index >= 15 is 0 Å². The Hall–Kier alpha value is -1.28. The Bertz CT molecular complexity index is 347.